The van der Waals surface area contributed by atoms with E-state index in [1.807, 2.05) is 6.07 Å². The van der Waals surface area contributed by atoms with Gasteiger partial charge in [0.15, 0.2) is 0 Å². The lowest BCUT2D eigenvalue weighted by atomic mass is 10.1. The Kier molecular flexibility index (Phi) is 5.49. The molecule has 1 rings (SSSR count). The van der Waals surface area contributed by atoms with E-state index in [0.717, 1.165) is 5.56 Å². The topological polar surface area (TPSA) is 81.5 Å². The fourth-order valence-electron chi connectivity index (χ4n) is 1.62. The van der Waals surface area contributed by atoms with E-state index < -0.39 is 16.6 Å². The number of nitrogens with one attached hydrogen (secondary N) is 1. The van der Waals surface area contributed by atoms with Crippen molar-refractivity contribution in [1.82, 2.24) is 5.32 Å². The smallest absolute Gasteiger partial charge is 0.407 e. The molecular formula is C14H20N2O4. The number of hydrogen-bond donors (Lipinski definition) is 1. The molecule has 0 fully saturated rings. The van der Waals surface area contributed by atoms with Crippen molar-refractivity contribution in [2.24, 2.45) is 0 Å². The molecule has 0 bridgehead atoms. The van der Waals surface area contributed by atoms with Crippen LogP contribution in [0.4, 0.5) is 10.5 Å². The van der Waals surface area contributed by atoms with Crippen LogP contribution >= 0.6 is 0 Å². The Morgan fingerprint density at radius 1 is 1.40 bits per heavy atom. The molecule has 0 unspecified atom stereocenters. The number of carbonyl (C=O) groups is 1. The molecule has 0 heterocycles. The van der Waals surface area contributed by atoms with Gasteiger partial charge in [0.05, 0.1) is 4.92 Å². The molecule has 0 saturated heterocycles. The first kappa shape index (κ1) is 15.9. The van der Waals surface area contributed by atoms with Gasteiger partial charge in [-0.3, -0.25) is 10.1 Å². The minimum atomic E-state index is -0.510. The van der Waals surface area contributed by atoms with E-state index in [4.69, 9.17) is 4.74 Å². The Morgan fingerprint density at radius 3 is 2.70 bits per heavy atom. The summed E-state index contributed by atoms with van der Waals surface area (Å²) in [5.41, 5.74) is 0.456. The number of alkyl carbamates (subject to hydrolysis) is 1. The van der Waals surface area contributed by atoms with Gasteiger partial charge in [-0.2, -0.15) is 0 Å². The fourth-order valence-corrected chi connectivity index (χ4v) is 1.62. The van der Waals surface area contributed by atoms with Gasteiger partial charge < -0.3 is 10.1 Å². The first-order valence-electron chi connectivity index (χ1n) is 6.48. The predicted octanol–water partition coefficient (Wildman–Crippen LogP) is 3.05. The van der Waals surface area contributed by atoms with E-state index >= 15 is 0 Å². The number of nitrogens with zero attached hydrogens (tertiary/aromatic N) is 1. The summed E-state index contributed by atoms with van der Waals surface area (Å²) < 4.78 is 5.10. The van der Waals surface area contributed by atoms with Crippen LogP contribution in [0.3, 0.4) is 0 Å². The summed E-state index contributed by atoms with van der Waals surface area (Å²) >= 11 is 0. The van der Waals surface area contributed by atoms with Crippen molar-refractivity contribution in [2.75, 3.05) is 6.54 Å². The van der Waals surface area contributed by atoms with E-state index in [1.165, 1.54) is 6.07 Å². The zero-order valence-corrected chi connectivity index (χ0v) is 12.0. The highest BCUT2D eigenvalue weighted by Gasteiger charge is 2.15. The van der Waals surface area contributed by atoms with Crippen LogP contribution in [-0.2, 0) is 11.2 Å². The number of benzene rings is 1. The summed E-state index contributed by atoms with van der Waals surface area (Å²) in [4.78, 5) is 21.6. The van der Waals surface area contributed by atoms with Crippen molar-refractivity contribution >= 4 is 11.8 Å². The number of aryl methyl sites for hydroxylation is 1. The standard InChI is InChI=1S/C14H20N2O4/c1-14(2,3)20-13(17)15-9-5-7-11-6-4-8-12(10-11)16(18)19/h4,6,8,10H,5,7,9H2,1-3H3,(H,15,17). The van der Waals surface area contributed by atoms with E-state index in [0.29, 0.717) is 19.4 Å². The molecule has 0 saturated carbocycles. The number of non-ortho nitro benzene ring substituents is 1. The Labute approximate surface area is 118 Å². The van der Waals surface area contributed by atoms with E-state index in [2.05, 4.69) is 5.32 Å². The first-order chi connectivity index (χ1) is 9.28. The third kappa shape index (κ3) is 6.17. The third-order valence-electron chi connectivity index (χ3n) is 2.43. The van der Waals surface area contributed by atoms with Gasteiger partial charge in [0.25, 0.3) is 5.69 Å². The lowest BCUT2D eigenvalue weighted by molar-refractivity contribution is -0.384. The van der Waals surface area contributed by atoms with Gasteiger partial charge in [-0.05, 0) is 39.2 Å². The highest BCUT2D eigenvalue weighted by atomic mass is 16.6. The second-order valence-corrected chi connectivity index (χ2v) is 5.46. The molecule has 0 radical (unpaired) electrons. The van der Waals surface area contributed by atoms with Crippen molar-refractivity contribution in [1.29, 1.82) is 0 Å². The van der Waals surface area contributed by atoms with Gasteiger partial charge in [0.2, 0.25) is 0 Å². The molecule has 0 aliphatic carbocycles. The molecule has 20 heavy (non-hydrogen) atoms. The summed E-state index contributed by atoms with van der Waals surface area (Å²) in [6.45, 7) is 5.87. The van der Waals surface area contributed by atoms with Crippen molar-refractivity contribution in [2.45, 2.75) is 39.2 Å². The minimum absolute atomic E-state index is 0.0857. The number of carbonyl (C=O) groups excluding carboxylic acids is 1. The molecule has 0 aliphatic rings. The number of nitro benzene ring substituents is 1. The van der Waals surface area contributed by atoms with Crippen LogP contribution in [-0.4, -0.2) is 23.2 Å². The van der Waals surface area contributed by atoms with Gasteiger partial charge in [-0.25, -0.2) is 4.79 Å². The zero-order chi connectivity index (χ0) is 15.2. The van der Waals surface area contributed by atoms with Crippen LogP contribution in [0.1, 0.15) is 32.8 Å². The molecule has 0 aliphatic heterocycles. The van der Waals surface area contributed by atoms with Crippen molar-refractivity contribution in [3.8, 4) is 0 Å². The Bertz CT molecular complexity index is 480. The van der Waals surface area contributed by atoms with Crippen LogP contribution in [0.5, 0.6) is 0 Å². The molecule has 110 valence electrons. The predicted molar refractivity (Wildman–Crippen MR) is 75.7 cm³/mol. The zero-order valence-electron chi connectivity index (χ0n) is 12.0. The van der Waals surface area contributed by atoms with Crippen molar-refractivity contribution in [3.63, 3.8) is 0 Å². The Hall–Kier alpha value is -2.11. The first-order valence-corrected chi connectivity index (χ1v) is 6.48. The summed E-state index contributed by atoms with van der Waals surface area (Å²) in [6, 6.07) is 6.51. The molecule has 0 spiro atoms. The lowest BCUT2D eigenvalue weighted by Gasteiger charge is -2.19. The maximum atomic E-state index is 11.4. The normalized spacial score (nSPS) is 10.9. The van der Waals surface area contributed by atoms with Crippen molar-refractivity contribution < 1.29 is 14.5 Å². The Morgan fingerprint density at radius 2 is 2.10 bits per heavy atom. The molecule has 0 atom stereocenters. The summed E-state index contributed by atoms with van der Waals surface area (Å²) in [5.74, 6) is 0. The molecular weight excluding hydrogens is 260 g/mol. The number of nitro groups is 1. The third-order valence-corrected chi connectivity index (χ3v) is 2.43. The fraction of sp³-hybridized carbons (Fsp3) is 0.500. The molecule has 6 heteroatoms. The number of ether oxygens (including phenoxy) is 1. The maximum absolute atomic E-state index is 11.4. The van der Waals surface area contributed by atoms with Gasteiger partial charge in [0.1, 0.15) is 5.60 Å². The molecule has 6 nitrogen and oxygen atoms in total. The summed E-state index contributed by atoms with van der Waals surface area (Å²) in [6.07, 6.45) is 0.911. The molecule has 1 aromatic carbocycles. The number of amides is 1. The molecule has 1 aromatic rings. The number of hydrogen-bond acceptors (Lipinski definition) is 4. The molecule has 1 amide bonds. The van der Waals surface area contributed by atoms with Crippen LogP contribution in [0, 0.1) is 10.1 Å². The van der Waals surface area contributed by atoms with E-state index in [9.17, 15) is 14.9 Å². The minimum Gasteiger partial charge on any atom is -0.444 e. The average Bonchev–Trinajstić information content (AvgIpc) is 2.33. The SMILES string of the molecule is CC(C)(C)OC(=O)NCCCc1cccc([N+](=O)[O-])c1. The monoisotopic (exact) mass is 280 g/mol. The van der Waals surface area contributed by atoms with Crippen LogP contribution in [0.15, 0.2) is 24.3 Å². The van der Waals surface area contributed by atoms with Gasteiger partial charge >= 0.3 is 6.09 Å². The number of rotatable bonds is 5. The van der Waals surface area contributed by atoms with Gasteiger partial charge in [-0.1, -0.05) is 12.1 Å². The van der Waals surface area contributed by atoms with Gasteiger partial charge in [0, 0.05) is 18.7 Å². The highest BCUT2D eigenvalue weighted by Crippen LogP contribution is 2.14. The highest BCUT2D eigenvalue weighted by molar-refractivity contribution is 5.67. The summed E-state index contributed by atoms with van der Waals surface area (Å²) in [5, 5.41) is 13.3. The van der Waals surface area contributed by atoms with Gasteiger partial charge in [-0.15, -0.1) is 0 Å². The Balaban J connectivity index is 2.33. The quantitative estimate of drug-likeness (QED) is 0.510. The lowest BCUT2D eigenvalue weighted by Crippen LogP contribution is -2.33. The molecule has 1 N–H and O–H groups in total. The summed E-state index contributed by atoms with van der Waals surface area (Å²) in [7, 11) is 0. The van der Waals surface area contributed by atoms with Crippen LogP contribution in [0.25, 0.3) is 0 Å². The van der Waals surface area contributed by atoms with Crippen LogP contribution in [0.2, 0.25) is 0 Å². The average molecular weight is 280 g/mol. The van der Waals surface area contributed by atoms with Crippen LogP contribution < -0.4 is 5.32 Å². The maximum Gasteiger partial charge on any atom is 0.407 e. The largest absolute Gasteiger partial charge is 0.444 e. The second-order valence-electron chi connectivity index (χ2n) is 5.46. The second kappa shape index (κ2) is 6.88. The van der Waals surface area contributed by atoms with E-state index in [1.54, 1.807) is 32.9 Å². The van der Waals surface area contributed by atoms with Crippen molar-refractivity contribution in [3.05, 3.63) is 39.9 Å². The van der Waals surface area contributed by atoms with E-state index in [-0.39, 0.29) is 5.69 Å². The molecule has 0 aromatic heterocycles.